The van der Waals surface area contributed by atoms with Crippen LogP contribution >= 0.6 is 11.6 Å². The summed E-state index contributed by atoms with van der Waals surface area (Å²) in [5.41, 5.74) is 8.62. The molecule has 4 rings (SSSR count). The normalized spacial score (nSPS) is 16.9. The first kappa shape index (κ1) is 22.1. The van der Waals surface area contributed by atoms with E-state index >= 15 is 0 Å². The van der Waals surface area contributed by atoms with Gasteiger partial charge in [0.1, 0.15) is 11.3 Å². The Morgan fingerprint density at radius 1 is 1.16 bits per heavy atom. The van der Waals surface area contributed by atoms with E-state index in [1.165, 1.54) is 16.1 Å². The van der Waals surface area contributed by atoms with Crippen molar-refractivity contribution in [2.75, 3.05) is 13.1 Å². The Bertz CT molecular complexity index is 1160. The highest BCUT2D eigenvalue weighted by Crippen LogP contribution is 2.30. The van der Waals surface area contributed by atoms with E-state index in [0.29, 0.717) is 22.8 Å². The number of aromatic nitrogens is 2. The second-order valence-electron chi connectivity index (χ2n) is 9.14. The largest absolute Gasteiger partial charge is 0.444 e. The van der Waals surface area contributed by atoms with Gasteiger partial charge in [-0.1, -0.05) is 35.9 Å². The number of hydrogen-bond acceptors (Lipinski definition) is 4. The molecule has 168 valence electrons. The maximum atomic E-state index is 12.5. The Hall–Kier alpha value is -3.06. The number of halogens is 1. The number of carbonyl (C=O) groups excluding carboxylic acids is 2. The Morgan fingerprint density at radius 2 is 1.88 bits per heavy atom. The molecular formula is C24H27ClN4O3. The molecule has 7 nitrogen and oxygen atoms in total. The van der Waals surface area contributed by atoms with Gasteiger partial charge in [-0.25, -0.2) is 9.31 Å². The first-order chi connectivity index (χ1) is 15.1. The van der Waals surface area contributed by atoms with Gasteiger partial charge in [0.05, 0.1) is 16.2 Å². The summed E-state index contributed by atoms with van der Waals surface area (Å²) in [5.74, 6) is -0.329. The van der Waals surface area contributed by atoms with E-state index in [9.17, 15) is 9.59 Å². The molecule has 1 atom stereocenters. The SMILES string of the molecule is CC(C)(C)OC(=O)N1CCC[C@@H](c2ccc(-c3ccc4c(Cl)cc(C(N)=O)n4n3)cc2)C1. The summed E-state index contributed by atoms with van der Waals surface area (Å²) in [5, 5.41) is 4.99. The summed E-state index contributed by atoms with van der Waals surface area (Å²) < 4.78 is 7.02. The zero-order valence-corrected chi connectivity index (χ0v) is 19.2. The van der Waals surface area contributed by atoms with Crippen molar-refractivity contribution in [2.24, 2.45) is 5.73 Å². The highest BCUT2D eigenvalue weighted by atomic mass is 35.5. The highest BCUT2D eigenvalue weighted by molar-refractivity contribution is 6.34. The van der Waals surface area contributed by atoms with E-state index in [4.69, 9.17) is 22.1 Å². The number of likely N-dealkylation sites (tertiary alicyclic amines) is 1. The lowest BCUT2D eigenvalue weighted by atomic mass is 9.90. The standard InChI is InChI=1S/C24H27ClN4O3/c1-24(2,3)32-23(31)28-12-4-5-17(14-28)15-6-8-16(9-7-15)19-10-11-20-18(25)13-21(22(26)30)29(20)27-19/h6-11,13,17H,4-5,12,14H2,1-3H3,(H2,26,30)/t17-/m1/s1. The van der Waals surface area contributed by atoms with Gasteiger partial charge in [0.25, 0.3) is 5.91 Å². The quantitative estimate of drug-likeness (QED) is 0.611. The molecule has 1 aromatic carbocycles. The van der Waals surface area contributed by atoms with Crippen LogP contribution in [0.3, 0.4) is 0 Å². The number of primary amides is 1. The van der Waals surface area contributed by atoms with Crippen LogP contribution in [0.4, 0.5) is 4.79 Å². The van der Waals surface area contributed by atoms with Crippen molar-refractivity contribution < 1.29 is 14.3 Å². The number of amides is 2. The Kier molecular flexibility index (Phi) is 5.86. The summed E-state index contributed by atoms with van der Waals surface area (Å²) in [6.45, 7) is 7.00. The molecule has 1 aliphatic heterocycles. The van der Waals surface area contributed by atoms with E-state index < -0.39 is 11.5 Å². The molecule has 0 spiro atoms. The van der Waals surface area contributed by atoms with Gasteiger partial charge < -0.3 is 15.4 Å². The second-order valence-corrected chi connectivity index (χ2v) is 9.55. The lowest BCUT2D eigenvalue weighted by Gasteiger charge is -2.34. The number of nitrogens with two attached hydrogens (primary N) is 1. The number of benzene rings is 1. The first-order valence-corrected chi connectivity index (χ1v) is 11.1. The van der Waals surface area contributed by atoms with Crippen LogP contribution in [0.1, 0.15) is 55.6 Å². The number of carbonyl (C=O) groups is 2. The molecule has 1 fully saturated rings. The van der Waals surface area contributed by atoms with Crippen molar-refractivity contribution >= 4 is 29.1 Å². The van der Waals surface area contributed by atoms with Crippen LogP contribution in [0.25, 0.3) is 16.8 Å². The van der Waals surface area contributed by atoms with Crippen LogP contribution < -0.4 is 5.73 Å². The van der Waals surface area contributed by atoms with Gasteiger partial charge >= 0.3 is 6.09 Å². The summed E-state index contributed by atoms with van der Waals surface area (Å²) in [7, 11) is 0. The number of nitrogens with zero attached hydrogens (tertiary/aromatic N) is 3. The Labute approximate surface area is 192 Å². The third kappa shape index (κ3) is 4.58. The minimum absolute atomic E-state index is 0.243. The van der Waals surface area contributed by atoms with Crippen molar-refractivity contribution in [3.63, 3.8) is 0 Å². The summed E-state index contributed by atoms with van der Waals surface area (Å²) in [4.78, 5) is 26.0. The molecule has 1 aliphatic rings. The number of hydrogen-bond donors (Lipinski definition) is 1. The Morgan fingerprint density at radius 3 is 2.53 bits per heavy atom. The maximum Gasteiger partial charge on any atom is 0.410 e. The van der Waals surface area contributed by atoms with Crippen LogP contribution in [-0.4, -0.2) is 45.2 Å². The lowest BCUT2D eigenvalue weighted by Crippen LogP contribution is -2.42. The summed E-state index contributed by atoms with van der Waals surface area (Å²) in [6, 6.07) is 13.4. The number of rotatable bonds is 3. The molecule has 32 heavy (non-hydrogen) atoms. The van der Waals surface area contributed by atoms with E-state index in [-0.39, 0.29) is 17.7 Å². The maximum absolute atomic E-state index is 12.5. The van der Waals surface area contributed by atoms with Gasteiger partial charge in [0.2, 0.25) is 0 Å². The fourth-order valence-corrected chi connectivity index (χ4v) is 4.29. The monoisotopic (exact) mass is 454 g/mol. The van der Waals surface area contributed by atoms with Crippen LogP contribution in [0.5, 0.6) is 0 Å². The first-order valence-electron chi connectivity index (χ1n) is 10.7. The van der Waals surface area contributed by atoms with Crippen molar-refractivity contribution in [1.82, 2.24) is 14.5 Å². The average molecular weight is 455 g/mol. The molecule has 0 aliphatic carbocycles. The van der Waals surface area contributed by atoms with Crippen LogP contribution in [0.15, 0.2) is 42.5 Å². The predicted molar refractivity (Wildman–Crippen MR) is 124 cm³/mol. The van der Waals surface area contributed by atoms with E-state index in [1.807, 2.05) is 45.0 Å². The van der Waals surface area contributed by atoms with Crippen LogP contribution in [-0.2, 0) is 4.74 Å². The molecule has 0 saturated carbocycles. The minimum Gasteiger partial charge on any atom is -0.444 e. The van der Waals surface area contributed by atoms with Crippen molar-refractivity contribution in [3.05, 3.63) is 58.7 Å². The molecular weight excluding hydrogens is 428 g/mol. The fraction of sp³-hybridized carbons (Fsp3) is 0.375. The van der Waals surface area contributed by atoms with Gasteiger partial charge in [-0.05, 0) is 57.4 Å². The molecule has 1 saturated heterocycles. The zero-order chi connectivity index (χ0) is 23.0. The zero-order valence-electron chi connectivity index (χ0n) is 18.5. The minimum atomic E-state index is -0.585. The van der Waals surface area contributed by atoms with Crippen LogP contribution in [0, 0.1) is 0 Å². The molecule has 0 radical (unpaired) electrons. The molecule has 2 aromatic heterocycles. The third-order valence-electron chi connectivity index (χ3n) is 5.57. The highest BCUT2D eigenvalue weighted by Gasteiger charge is 2.28. The summed E-state index contributed by atoms with van der Waals surface area (Å²) >= 11 is 6.19. The van der Waals surface area contributed by atoms with Crippen LogP contribution in [0.2, 0.25) is 5.02 Å². The molecule has 0 unspecified atom stereocenters. The van der Waals surface area contributed by atoms with E-state index in [2.05, 4.69) is 17.2 Å². The number of piperidine rings is 1. The molecule has 3 heterocycles. The predicted octanol–water partition coefficient (Wildman–Crippen LogP) is 4.87. The van der Waals surface area contributed by atoms with Crippen molar-refractivity contribution in [2.45, 2.75) is 45.1 Å². The van der Waals surface area contributed by atoms with E-state index in [1.54, 1.807) is 4.90 Å². The smallest absolute Gasteiger partial charge is 0.410 e. The topological polar surface area (TPSA) is 89.9 Å². The van der Waals surface area contributed by atoms with Gasteiger partial charge in [0, 0.05) is 24.6 Å². The van der Waals surface area contributed by atoms with Gasteiger partial charge in [-0.2, -0.15) is 5.10 Å². The molecule has 3 aromatic rings. The van der Waals surface area contributed by atoms with Gasteiger partial charge in [-0.15, -0.1) is 0 Å². The average Bonchev–Trinajstić information content (AvgIpc) is 3.09. The molecule has 2 N–H and O–H groups in total. The fourth-order valence-electron chi connectivity index (χ4n) is 4.04. The number of fused-ring (bicyclic) bond motifs is 1. The van der Waals surface area contributed by atoms with Gasteiger partial charge in [-0.3, -0.25) is 4.79 Å². The van der Waals surface area contributed by atoms with Crippen molar-refractivity contribution in [1.29, 1.82) is 0 Å². The molecule has 8 heteroatoms. The lowest BCUT2D eigenvalue weighted by molar-refractivity contribution is 0.0198. The van der Waals surface area contributed by atoms with Crippen molar-refractivity contribution in [3.8, 4) is 11.3 Å². The Balaban J connectivity index is 1.54. The number of ether oxygens (including phenoxy) is 1. The van der Waals surface area contributed by atoms with Gasteiger partial charge in [0.15, 0.2) is 0 Å². The second kappa shape index (κ2) is 8.47. The van der Waals surface area contributed by atoms with E-state index in [0.717, 1.165) is 24.9 Å². The summed E-state index contributed by atoms with van der Waals surface area (Å²) in [6.07, 6.45) is 1.70. The molecule has 2 amide bonds. The third-order valence-corrected chi connectivity index (χ3v) is 5.88. The molecule has 0 bridgehead atoms.